The predicted molar refractivity (Wildman–Crippen MR) is 71.1 cm³/mol. The molecule has 0 spiro atoms. The molecule has 16 heavy (non-hydrogen) atoms. The number of hydrogen-bond acceptors (Lipinski definition) is 4. The lowest BCUT2D eigenvalue weighted by Gasteiger charge is -2.13. The SMILES string of the molecule is CC(Nc1ncncc1Br)c1ccc(Cl)s1. The quantitative estimate of drug-likeness (QED) is 0.924. The van der Waals surface area contributed by atoms with Gasteiger partial charge in [0.15, 0.2) is 0 Å². The van der Waals surface area contributed by atoms with Gasteiger partial charge in [-0.3, -0.25) is 0 Å². The highest BCUT2D eigenvalue weighted by molar-refractivity contribution is 9.10. The van der Waals surface area contributed by atoms with Crippen LogP contribution in [0, 0.1) is 0 Å². The monoisotopic (exact) mass is 317 g/mol. The minimum Gasteiger partial charge on any atom is -0.362 e. The van der Waals surface area contributed by atoms with Gasteiger partial charge in [-0.1, -0.05) is 11.6 Å². The standard InChI is InChI=1S/C10H9BrClN3S/c1-6(8-2-3-9(12)16-8)15-10-7(11)4-13-5-14-10/h2-6H,1H3,(H,13,14,15). The van der Waals surface area contributed by atoms with Crippen LogP contribution >= 0.6 is 38.9 Å². The van der Waals surface area contributed by atoms with Crippen LogP contribution in [0.4, 0.5) is 5.82 Å². The van der Waals surface area contributed by atoms with Gasteiger partial charge in [0.2, 0.25) is 0 Å². The van der Waals surface area contributed by atoms with Crippen LogP contribution in [0.3, 0.4) is 0 Å². The molecule has 1 atom stereocenters. The molecule has 1 unspecified atom stereocenters. The Kier molecular flexibility index (Phi) is 3.78. The normalized spacial score (nSPS) is 12.4. The van der Waals surface area contributed by atoms with E-state index < -0.39 is 0 Å². The molecule has 0 amide bonds. The summed E-state index contributed by atoms with van der Waals surface area (Å²) in [6.45, 7) is 2.07. The van der Waals surface area contributed by atoms with E-state index in [0.29, 0.717) is 0 Å². The van der Waals surface area contributed by atoms with Crippen molar-refractivity contribution in [2.45, 2.75) is 13.0 Å². The Labute approximate surface area is 111 Å². The zero-order chi connectivity index (χ0) is 11.5. The lowest BCUT2D eigenvalue weighted by molar-refractivity contribution is 0.890. The van der Waals surface area contributed by atoms with Gasteiger partial charge in [0.25, 0.3) is 0 Å². The fourth-order valence-corrected chi connectivity index (χ4v) is 2.65. The molecule has 0 aliphatic heterocycles. The molecule has 2 rings (SSSR count). The van der Waals surface area contributed by atoms with E-state index in [-0.39, 0.29) is 6.04 Å². The van der Waals surface area contributed by atoms with E-state index in [2.05, 4.69) is 38.1 Å². The molecule has 0 saturated heterocycles. The Balaban J connectivity index is 2.13. The fourth-order valence-electron chi connectivity index (χ4n) is 1.26. The van der Waals surface area contributed by atoms with Crippen LogP contribution in [0.25, 0.3) is 0 Å². The van der Waals surface area contributed by atoms with Gasteiger partial charge in [0, 0.05) is 11.1 Å². The Morgan fingerprint density at radius 2 is 2.31 bits per heavy atom. The fraction of sp³-hybridized carbons (Fsp3) is 0.200. The minimum absolute atomic E-state index is 0.170. The molecule has 0 fully saturated rings. The highest BCUT2D eigenvalue weighted by atomic mass is 79.9. The van der Waals surface area contributed by atoms with E-state index in [4.69, 9.17) is 11.6 Å². The Morgan fingerprint density at radius 1 is 1.50 bits per heavy atom. The first-order chi connectivity index (χ1) is 7.66. The van der Waals surface area contributed by atoms with E-state index in [0.717, 1.165) is 14.6 Å². The molecule has 0 aliphatic carbocycles. The third kappa shape index (κ3) is 2.72. The van der Waals surface area contributed by atoms with Crippen molar-refractivity contribution in [2.75, 3.05) is 5.32 Å². The number of anilines is 1. The third-order valence-electron chi connectivity index (χ3n) is 2.04. The van der Waals surface area contributed by atoms with Gasteiger partial charge in [-0.25, -0.2) is 9.97 Å². The second-order valence-electron chi connectivity index (χ2n) is 3.23. The summed E-state index contributed by atoms with van der Waals surface area (Å²) in [6, 6.07) is 4.08. The number of halogens is 2. The maximum Gasteiger partial charge on any atom is 0.144 e. The van der Waals surface area contributed by atoms with Crippen LogP contribution < -0.4 is 5.32 Å². The number of thiophene rings is 1. The lowest BCUT2D eigenvalue weighted by Crippen LogP contribution is -2.06. The molecule has 2 heterocycles. The molecule has 2 aromatic rings. The van der Waals surface area contributed by atoms with Crippen LogP contribution in [-0.2, 0) is 0 Å². The van der Waals surface area contributed by atoms with Gasteiger partial charge in [0.05, 0.1) is 14.9 Å². The Bertz CT molecular complexity index is 488. The van der Waals surface area contributed by atoms with Crippen molar-refractivity contribution in [2.24, 2.45) is 0 Å². The van der Waals surface area contributed by atoms with E-state index in [1.54, 1.807) is 17.5 Å². The van der Waals surface area contributed by atoms with Crippen molar-refractivity contribution in [1.29, 1.82) is 0 Å². The summed E-state index contributed by atoms with van der Waals surface area (Å²) in [4.78, 5) is 9.24. The van der Waals surface area contributed by atoms with E-state index in [1.165, 1.54) is 11.2 Å². The largest absolute Gasteiger partial charge is 0.362 e. The molecule has 0 saturated carbocycles. The van der Waals surface area contributed by atoms with Gasteiger partial charge in [-0.15, -0.1) is 11.3 Å². The lowest BCUT2D eigenvalue weighted by atomic mass is 10.3. The molecule has 3 nitrogen and oxygen atoms in total. The van der Waals surface area contributed by atoms with Gasteiger partial charge >= 0.3 is 0 Å². The first kappa shape index (κ1) is 11.8. The maximum absolute atomic E-state index is 5.89. The maximum atomic E-state index is 5.89. The smallest absolute Gasteiger partial charge is 0.144 e. The van der Waals surface area contributed by atoms with E-state index in [9.17, 15) is 0 Å². The van der Waals surface area contributed by atoms with Crippen molar-refractivity contribution in [3.05, 3.63) is 38.3 Å². The average molecular weight is 319 g/mol. The number of rotatable bonds is 3. The predicted octanol–water partition coefficient (Wildman–Crippen LogP) is 4.13. The van der Waals surface area contributed by atoms with E-state index in [1.807, 2.05) is 12.1 Å². The topological polar surface area (TPSA) is 37.8 Å². The highest BCUT2D eigenvalue weighted by Gasteiger charge is 2.10. The summed E-state index contributed by atoms with van der Waals surface area (Å²) < 4.78 is 1.65. The summed E-state index contributed by atoms with van der Waals surface area (Å²) in [7, 11) is 0. The summed E-state index contributed by atoms with van der Waals surface area (Å²) in [5, 5.41) is 3.29. The Hall–Kier alpha value is -0.650. The molecule has 84 valence electrons. The van der Waals surface area contributed by atoms with Crippen LogP contribution in [-0.4, -0.2) is 9.97 Å². The first-order valence-electron chi connectivity index (χ1n) is 4.64. The average Bonchev–Trinajstić information content (AvgIpc) is 2.68. The zero-order valence-electron chi connectivity index (χ0n) is 8.45. The molecule has 0 radical (unpaired) electrons. The van der Waals surface area contributed by atoms with Gasteiger partial charge in [-0.05, 0) is 35.0 Å². The second kappa shape index (κ2) is 5.12. The summed E-state index contributed by atoms with van der Waals surface area (Å²) in [6.07, 6.45) is 3.23. The third-order valence-corrected chi connectivity index (χ3v) is 4.04. The zero-order valence-corrected chi connectivity index (χ0v) is 11.6. The number of nitrogens with one attached hydrogen (secondary N) is 1. The van der Waals surface area contributed by atoms with Crippen LogP contribution in [0.15, 0.2) is 29.1 Å². The van der Waals surface area contributed by atoms with Crippen molar-refractivity contribution in [1.82, 2.24) is 9.97 Å². The first-order valence-corrected chi connectivity index (χ1v) is 6.63. The van der Waals surface area contributed by atoms with Gasteiger partial charge in [0.1, 0.15) is 12.1 Å². The van der Waals surface area contributed by atoms with Gasteiger partial charge in [-0.2, -0.15) is 0 Å². The molecule has 0 bridgehead atoms. The summed E-state index contributed by atoms with van der Waals surface area (Å²) in [5.41, 5.74) is 0. The molecule has 2 aromatic heterocycles. The molecule has 0 aromatic carbocycles. The number of nitrogens with zero attached hydrogens (tertiary/aromatic N) is 2. The summed E-state index contributed by atoms with van der Waals surface area (Å²) >= 11 is 10.9. The van der Waals surface area contributed by atoms with Crippen molar-refractivity contribution in [3.8, 4) is 0 Å². The van der Waals surface area contributed by atoms with Crippen molar-refractivity contribution < 1.29 is 0 Å². The van der Waals surface area contributed by atoms with E-state index >= 15 is 0 Å². The molecule has 1 N–H and O–H groups in total. The Morgan fingerprint density at radius 3 is 2.94 bits per heavy atom. The van der Waals surface area contributed by atoms with Crippen molar-refractivity contribution >= 4 is 44.7 Å². The number of aromatic nitrogens is 2. The minimum atomic E-state index is 0.170. The van der Waals surface area contributed by atoms with Gasteiger partial charge < -0.3 is 5.32 Å². The molecule has 6 heteroatoms. The van der Waals surface area contributed by atoms with Crippen molar-refractivity contribution in [3.63, 3.8) is 0 Å². The van der Waals surface area contributed by atoms with Crippen LogP contribution in [0.2, 0.25) is 4.34 Å². The van der Waals surface area contributed by atoms with Crippen LogP contribution in [0.5, 0.6) is 0 Å². The molecular formula is C10H9BrClN3S. The number of hydrogen-bond donors (Lipinski definition) is 1. The summed E-state index contributed by atoms with van der Waals surface area (Å²) in [5.74, 6) is 0.784. The highest BCUT2D eigenvalue weighted by Crippen LogP contribution is 2.29. The molecular weight excluding hydrogens is 310 g/mol. The molecule has 0 aliphatic rings. The second-order valence-corrected chi connectivity index (χ2v) is 5.83. The van der Waals surface area contributed by atoms with Crippen LogP contribution in [0.1, 0.15) is 17.8 Å².